The number of guanidine groups is 1. The van der Waals surface area contributed by atoms with Gasteiger partial charge in [-0.05, 0) is 44.0 Å². The van der Waals surface area contributed by atoms with Crippen LogP contribution in [0.5, 0.6) is 0 Å². The fraction of sp³-hybridized carbons (Fsp3) is 0.650. The van der Waals surface area contributed by atoms with E-state index in [0.717, 1.165) is 82.3 Å². The summed E-state index contributed by atoms with van der Waals surface area (Å²) in [6, 6.07) is 9.01. The number of aliphatic imine (C=N–C) groups is 1. The molecule has 27 heavy (non-hydrogen) atoms. The van der Waals surface area contributed by atoms with E-state index < -0.39 is 0 Å². The molecule has 2 saturated heterocycles. The molecular weight excluding hydrogens is 406 g/mol. The average Bonchev–Trinajstić information content (AvgIpc) is 3.15. The van der Waals surface area contributed by atoms with Crippen LogP contribution in [0, 0.1) is 0 Å². The van der Waals surface area contributed by atoms with E-state index in [1.54, 1.807) is 0 Å². The molecule has 2 aliphatic heterocycles. The molecule has 0 spiro atoms. The molecule has 6 nitrogen and oxygen atoms in total. The van der Waals surface area contributed by atoms with Crippen LogP contribution in [0.25, 0.3) is 0 Å². The Hall–Kier alpha value is -1.31. The summed E-state index contributed by atoms with van der Waals surface area (Å²) >= 11 is 3.51. The van der Waals surface area contributed by atoms with E-state index in [1.807, 2.05) is 0 Å². The average molecular weight is 438 g/mol. The zero-order valence-corrected chi connectivity index (χ0v) is 17.9. The van der Waals surface area contributed by atoms with Gasteiger partial charge in [0.2, 0.25) is 0 Å². The number of morpholine rings is 1. The molecule has 0 aliphatic carbocycles. The number of nitrogens with zero attached hydrogens (tertiary/aromatic N) is 3. The lowest BCUT2D eigenvalue weighted by Gasteiger charge is -2.26. The Balaban J connectivity index is 1.43. The molecular formula is C20H32BrN5O. The summed E-state index contributed by atoms with van der Waals surface area (Å²) in [5, 5.41) is 7.01. The second-order valence-corrected chi connectivity index (χ2v) is 8.04. The minimum atomic E-state index is 0.436. The first-order valence-electron chi connectivity index (χ1n) is 10.1. The van der Waals surface area contributed by atoms with Crippen LogP contribution in [0.15, 0.2) is 33.7 Å². The molecule has 2 N–H and O–H groups in total. The lowest BCUT2D eigenvalue weighted by Crippen LogP contribution is -2.44. The van der Waals surface area contributed by atoms with E-state index in [-0.39, 0.29) is 0 Å². The Morgan fingerprint density at radius 3 is 2.74 bits per heavy atom. The molecule has 1 unspecified atom stereocenters. The molecule has 1 aromatic rings. The third-order valence-electron chi connectivity index (χ3n) is 5.07. The normalized spacial score (nSPS) is 21.5. The smallest absolute Gasteiger partial charge is 0.191 e. The highest BCUT2D eigenvalue weighted by Crippen LogP contribution is 2.22. The van der Waals surface area contributed by atoms with Gasteiger partial charge in [-0.3, -0.25) is 9.89 Å². The number of anilines is 1. The van der Waals surface area contributed by atoms with Crippen molar-refractivity contribution in [2.24, 2.45) is 4.99 Å². The van der Waals surface area contributed by atoms with Crippen molar-refractivity contribution in [1.29, 1.82) is 0 Å². The van der Waals surface area contributed by atoms with Crippen LogP contribution in [-0.4, -0.2) is 75.9 Å². The monoisotopic (exact) mass is 437 g/mol. The summed E-state index contributed by atoms with van der Waals surface area (Å²) in [5.74, 6) is 0.946. The van der Waals surface area contributed by atoms with Crippen molar-refractivity contribution < 1.29 is 4.74 Å². The van der Waals surface area contributed by atoms with Crippen molar-refractivity contribution in [3.05, 3.63) is 28.7 Å². The highest BCUT2D eigenvalue weighted by molar-refractivity contribution is 9.10. The Morgan fingerprint density at radius 1 is 1.22 bits per heavy atom. The maximum atomic E-state index is 5.40. The van der Waals surface area contributed by atoms with Crippen LogP contribution in [-0.2, 0) is 4.74 Å². The standard InChI is InChI=1S/C20H32BrN5O/c1-2-22-20(23-9-3-10-25-12-14-27-15-13-25)24-18-8-11-26(16-18)19-6-4-17(21)5-7-19/h4-7,18H,2-3,8-16H2,1H3,(H2,22,23,24). The Morgan fingerprint density at radius 2 is 2.00 bits per heavy atom. The van der Waals surface area contributed by atoms with Crippen LogP contribution in [0.1, 0.15) is 19.8 Å². The number of hydrogen-bond donors (Lipinski definition) is 2. The quantitative estimate of drug-likeness (QED) is 0.389. The molecule has 2 heterocycles. The van der Waals surface area contributed by atoms with Crippen LogP contribution >= 0.6 is 15.9 Å². The number of nitrogens with one attached hydrogen (secondary N) is 2. The summed E-state index contributed by atoms with van der Waals surface area (Å²) in [6.45, 7) is 10.9. The van der Waals surface area contributed by atoms with Gasteiger partial charge in [-0.1, -0.05) is 15.9 Å². The summed E-state index contributed by atoms with van der Waals surface area (Å²) in [5.41, 5.74) is 1.29. The second-order valence-electron chi connectivity index (χ2n) is 7.12. The number of benzene rings is 1. The third kappa shape index (κ3) is 6.66. The van der Waals surface area contributed by atoms with E-state index in [9.17, 15) is 0 Å². The number of rotatable bonds is 7. The van der Waals surface area contributed by atoms with Crippen molar-refractivity contribution in [3.8, 4) is 0 Å². The molecule has 7 heteroatoms. The van der Waals surface area contributed by atoms with E-state index >= 15 is 0 Å². The highest BCUT2D eigenvalue weighted by atomic mass is 79.9. The SMILES string of the molecule is CCNC(=NCCCN1CCOCC1)NC1CCN(c2ccc(Br)cc2)C1. The summed E-state index contributed by atoms with van der Waals surface area (Å²) in [7, 11) is 0. The molecule has 2 aliphatic rings. The highest BCUT2D eigenvalue weighted by Gasteiger charge is 2.23. The van der Waals surface area contributed by atoms with Crippen molar-refractivity contribution in [2.75, 3.05) is 63.9 Å². The van der Waals surface area contributed by atoms with Gasteiger partial charge in [-0.25, -0.2) is 0 Å². The minimum absolute atomic E-state index is 0.436. The number of ether oxygens (including phenoxy) is 1. The van der Waals surface area contributed by atoms with Gasteiger partial charge < -0.3 is 20.3 Å². The van der Waals surface area contributed by atoms with Gasteiger partial charge >= 0.3 is 0 Å². The van der Waals surface area contributed by atoms with Gasteiger partial charge in [0.05, 0.1) is 13.2 Å². The van der Waals surface area contributed by atoms with Gasteiger partial charge in [0.1, 0.15) is 0 Å². The molecule has 0 radical (unpaired) electrons. The van der Waals surface area contributed by atoms with Gasteiger partial charge in [-0.15, -0.1) is 0 Å². The van der Waals surface area contributed by atoms with Crippen molar-refractivity contribution in [3.63, 3.8) is 0 Å². The first-order chi connectivity index (χ1) is 13.2. The van der Waals surface area contributed by atoms with Crippen molar-refractivity contribution in [1.82, 2.24) is 15.5 Å². The first kappa shape index (κ1) is 20.4. The van der Waals surface area contributed by atoms with E-state index in [0.29, 0.717) is 6.04 Å². The summed E-state index contributed by atoms with van der Waals surface area (Å²) < 4.78 is 6.53. The van der Waals surface area contributed by atoms with Crippen LogP contribution in [0.3, 0.4) is 0 Å². The molecule has 2 fully saturated rings. The Kier molecular flexibility index (Phi) is 8.23. The van der Waals surface area contributed by atoms with Crippen LogP contribution in [0.2, 0.25) is 0 Å². The van der Waals surface area contributed by atoms with Gasteiger partial charge in [-0.2, -0.15) is 0 Å². The van der Waals surface area contributed by atoms with Gasteiger partial charge in [0.15, 0.2) is 5.96 Å². The zero-order valence-electron chi connectivity index (χ0n) is 16.3. The van der Waals surface area contributed by atoms with Crippen LogP contribution in [0.4, 0.5) is 5.69 Å². The lowest BCUT2D eigenvalue weighted by atomic mass is 10.2. The molecule has 150 valence electrons. The summed E-state index contributed by atoms with van der Waals surface area (Å²) in [4.78, 5) is 9.68. The number of hydrogen-bond acceptors (Lipinski definition) is 4. The van der Waals surface area contributed by atoms with E-state index in [1.165, 1.54) is 5.69 Å². The molecule has 0 bridgehead atoms. The predicted molar refractivity (Wildman–Crippen MR) is 116 cm³/mol. The molecule has 0 amide bonds. The number of halogens is 1. The van der Waals surface area contributed by atoms with Gasteiger partial charge in [0, 0.05) is 62.0 Å². The fourth-order valence-corrected chi connectivity index (χ4v) is 3.85. The predicted octanol–water partition coefficient (Wildman–Crippen LogP) is 2.31. The largest absolute Gasteiger partial charge is 0.379 e. The Labute approximate surface area is 171 Å². The van der Waals surface area contributed by atoms with Crippen molar-refractivity contribution >= 4 is 27.6 Å². The molecule has 1 aromatic carbocycles. The molecule has 0 aromatic heterocycles. The molecule has 0 saturated carbocycles. The third-order valence-corrected chi connectivity index (χ3v) is 5.60. The lowest BCUT2D eigenvalue weighted by molar-refractivity contribution is 0.0377. The van der Waals surface area contributed by atoms with Crippen molar-refractivity contribution in [2.45, 2.75) is 25.8 Å². The topological polar surface area (TPSA) is 52.1 Å². The Bertz CT molecular complexity index is 589. The van der Waals surface area contributed by atoms with Gasteiger partial charge in [0.25, 0.3) is 0 Å². The minimum Gasteiger partial charge on any atom is -0.379 e. The van der Waals surface area contributed by atoms with Crippen LogP contribution < -0.4 is 15.5 Å². The van der Waals surface area contributed by atoms with E-state index in [4.69, 9.17) is 9.73 Å². The second kappa shape index (κ2) is 10.9. The first-order valence-corrected chi connectivity index (χ1v) is 10.9. The molecule has 3 rings (SSSR count). The molecule has 1 atom stereocenters. The maximum absolute atomic E-state index is 5.40. The maximum Gasteiger partial charge on any atom is 0.191 e. The van der Waals surface area contributed by atoms with E-state index in [2.05, 4.69) is 67.6 Å². The fourth-order valence-electron chi connectivity index (χ4n) is 3.59. The zero-order chi connectivity index (χ0) is 18.9. The summed E-state index contributed by atoms with van der Waals surface area (Å²) in [6.07, 6.45) is 2.22.